The van der Waals surface area contributed by atoms with Gasteiger partial charge in [0, 0.05) is 13.0 Å². The number of likely N-dealkylation sites (tertiary alicyclic amines) is 1. The second-order valence-electron chi connectivity index (χ2n) is 6.81. The Labute approximate surface area is 169 Å². The summed E-state index contributed by atoms with van der Waals surface area (Å²) in [5, 5.41) is 2.58. The number of alkyl carbamates (subject to hydrolysis) is 1. The molecule has 2 aromatic carbocycles. The zero-order valence-electron chi connectivity index (χ0n) is 16.1. The highest BCUT2D eigenvalue weighted by atomic mass is 16.6. The van der Waals surface area contributed by atoms with Gasteiger partial charge in [0.05, 0.1) is 6.54 Å². The largest absolute Gasteiger partial charge is 0.445 e. The number of amides is 2. The number of hydrogen-bond acceptors (Lipinski definition) is 5. The van der Waals surface area contributed by atoms with Crippen molar-refractivity contribution in [2.75, 3.05) is 13.1 Å². The molecule has 29 heavy (non-hydrogen) atoms. The number of ether oxygens (including phenoxy) is 2. The molecule has 1 aliphatic rings. The van der Waals surface area contributed by atoms with Gasteiger partial charge in [-0.15, -0.1) is 0 Å². The third kappa shape index (κ3) is 6.34. The minimum atomic E-state index is -0.815. The van der Waals surface area contributed by atoms with Crippen LogP contribution in [0.25, 0.3) is 0 Å². The SMILES string of the molecule is O=C(N[C@@H]1CN(C(=O)OCc2ccccc2)CCCC1=O)OCc1ccccc1. The summed E-state index contributed by atoms with van der Waals surface area (Å²) in [5.74, 6) is -0.125. The molecule has 1 aliphatic heterocycles. The van der Waals surface area contributed by atoms with E-state index in [2.05, 4.69) is 5.32 Å². The first-order chi connectivity index (χ1) is 14.1. The van der Waals surface area contributed by atoms with Gasteiger partial charge in [-0.2, -0.15) is 0 Å². The number of ketones is 1. The van der Waals surface area contributed by atoms with Gasteiger partial charge in [-0.3, -0.25) is 4.79 Å². The molecule has 0 unspecified atom stereocenters. The third-order valence-electron chi connectivity index (χ3n) is 4.61. The molecule has 1 fully saturated rings. The highest BCUT2D eigenvalue weighted by Crippen LogP contribution is 2.11. The lowest BCUT2D eigenvalue weighted by Crippen LogP contribution is -2.48. The van der Waals surface area contributed by atoms with Crippen LogP contribution in [-0.2, 0) is 27.5 Å². The molecule has 2 amide bonds. The Balaban J connectivity index is 1.51. The number of nitrogens with one attached hydrogen (secondary N) is 1. The molecule has 1 saturated heterocycles. The molecule has 3 rings (SSSR count). The monoisotopic (exact) mass is 396 g/mol. The van der Waals surface area contributed by atoms with Gasteiger partial charge in [-0.1, -0.05) is 60.7 Å². The molecule has 0 bridgehead atoms. The zero-order valence-corrected chi connectivity index (χ0v) is 16.1. The zero-order chi connectivity index (χ0) is 20.5. The van der Waals surface area contributed by atoms with E-state index in [1.165, 1.54) is 4.90 Å². The minimum Gasteiger partial charge on any atom is -0.445 e. The number of nitrogens with zero attached hydrogens (tertiary/aromatic N) is 1. The fourth-order valence-corrected chi connectivity index (χ4v) is 3.04. The van der Waals surface area contributed by atoms with E-state index in [-0.39, 0.29) is 32.0 Å². The summed E-state index contributed by atoms with van der Waals surface area (Å²) >= 11 is 0. The van der Waals surface area contributed by atoms with Gasteiger partial charge in [0.25, 0.3) is 0 Å². The highest BCUT2D eigenvalue weighted by molar-refractivity contribution is 5.88. The Bertz CT molecular complexity index is 826. The molecular formula is C22H24N2O5. The molecule has 2 aromatic rings. The number of Topliss-reactive ketones (excluding diaryl/α,β-unsaturated/α-hetero) is 1. The average Bonchev–Trinajstić information content (AvgIpc) is 2.93. The number of rotatable bonds is 5. The number of hydrogen-bond donors (Lipinski definition) is 1. The fraction of sp³-hybridized carbons (Fsp3) is 0.318. The highest BCUT2D eigenvalue weighted by Gasteiger charge is 2.30. The molecule has 0 saturated carbocycles. The first-order valence-electron chi connectivity index (χ1n) is 9.57. The van der Waals surface area contributed by atoms with Gasteiger partial charge >= 0.3 is 12.2 Å². The van der Waals surface area contributed by atoms with E-state index < -0.39 is 18.2 Å². The third-order valence-corrected chi connectivity index (χ3v) is 4.61. The molecule has 152 valence electrons. The predicted octanol–water partition coefficient (Wildman–Crippen LogP) is 3.28. The van der Waals surface area contributed by atoms with Gasteiger partial charge in [-0.05, 0) is 17.5 Å². The lowest BCUT2D eigenvalue weighted by atomic mass is 10.1. The first-order valence-corrected chi connectivity index (χ1v) is 9.57. The molecule has 7 heteroatoms. The molecule has 1 atom stereocenters. The van der Waals surface area contributed by atoms with Gasteiger partial charge in [-0.25, -0.2) is 9.59 Å². The van der Waals surface area contributed by atoms with E-state index in [4.69, 9.17) is 9.47 Å². The summed E-state index contributed by atoms with van der Waals surface area (Å²) in [4.78, 5) is 38.3. The van der Waals surface area contributed by atoms with Crippen LogP contribution in [0.2, 0.25) is 0 Å². The summed E-state index contributed by atoms with van der Waals surface area (Å²) < 4.78 is 10.5. The number of benzene rings is 2. The summed E-state index contributed by atoms with van der Waals surface area (Å²) in [5.41, 5.74) is 1.73. The molecule has 1 heterocycles. The molecule has 0 aliphatic carbocycles. The Hall–Kier alpha value is -3.35. The van der Waals surface area contributed by atoms with Crippen LogP contribution in [0.5, 0.6) is 0 Å². The van der Waals surface area contributed by atoms with Crippen molar-refractivity contribution in [1.29, 1.82) is 0 Å². The van der Waals surface area contributed by atoms with Gasteiger partial charge in [0.2, 0.25) is 0 Å². The Morgan fingerprint density at radius 2 is 1.52 bits per heavy atom. The van der Waals surface area contributed by atoms with E-state index in [0.29, 0.717) is 13.0 Å². The maximum atomic E-state index is 12.4. The van der Waals surface area contributed by atoms with E-state index in [9.17, 15) is 14.4 Å². The van der Waals surface area contributed by atoms with Crippen LogP contribution >= 0.6 is 0 Å². The van der Waals surface area contributed by atoms with Gasteiger partial charge in [0.15, 0.2) is 5.78 Å². The number of carbonyl (C=O) groups is 3. The molecule has 7 nitrogen and oxygen atoms in total. The van der Waals surface area contributed by atoms with E-state index in [0.717, 1.165) is 11.1 Å². The fourth-order valence-electron chi connectivity index (χ4n) is 3.04. The summed E-state index contributed by atoms with van der Waals surface area (Å²) in [6, 6.07) is 17.8. The Morgan fingerprint density at radius 3 is 2.14 bits per heavy atom. The van der Waals surface area contributed by atoms with Crippen LogP contribution in [0.3, 0.4) is 0 Å². The smallest absolute Gasteiger partial charge is 0.410 e. The lowest BCUT2D eigenvalue weighted by Gasteiger charge is -2.23. The van der Waals surface area contributed by atoms with Crippen molar-refractivity contribution < 1.29 is 23.9 Å². The van der Waals surface area contributed by atoms with E-state index in [1.807, 2.05) is 60.7 Å². The topological polar surface area (TPSA) is 84.9 Å². The maximum Gasteiger partial charge on any atom is 0.410 e. The Kier molecular flexibility index (Phi) is 7.22. The van der Waals surface area contributed by atoms with Crippen LogP contribution in [0, 0.1) is 0 Å². The molecule has 0 spiro atoms. The van der Waals surface area contributed by atoms with Crippen LogP contribution in [-0.4, -0.2) is 42.0 Å². The summed E-state index contributed by atoms with van der Waals surface area (Å²) in [6.45, 7) is 0.723. The van der Waals surface area contributed by atoms with E-state index >= 15 is 0 Å². The average molecular weight is 396 g/mol. The predicted molar refractivity (Wildman–Crippen MR) is 106 cm³/mol. The van der Waals surface area contributed by atoms with Crippen LogP contribution in [0.15, 0.2) is 60.7 Å². The second kappa shape index (κ2) is 10.3. The summed E-state index contributed by atoms with van der Waals surface area (Å²) in [6.07, 6.45) is -0.387. The quantitative estimate of drug-likeness (QED) is 0.838. The van der Waals surface area contributed by atoms with Crippen molar-refractivity contribution in [3.05, 3.63) is 71.8 Å². The summed E-state index contributed by atoms with van der Waals surface area (Å²) in [7, 11) is 0. The van der Waals surface area contributed by atoms with Crippen molar-refractivity contribution in [3.63, 3.8) is 0 Å². The Morgan fingerprint density at radius 1 is 0.931 bits per heavy atom. The molecule has 0 radical (unpaired) electrons. The lowest BCUT2D eigenvalue weighted by molar-refractivity contribution is -0.120. The van der Waals surface area contributed by atoms with E-state index in [1.54, 1.807) is 0 Å². The minimum absolute atomic E-state index is 0.0624. The van der Waals surface area contributed by atoms with Crippen LogP contribution < -0.4 is 5.32 Å². The normalized spacial score (nSPS) is 16.6. The van der Waals surface area contributed by atoms with Crippen LogP contribution in [0.1, 0.15) is 24.0 Å². The second-order valence-corrected chi connectivity index (χ2v) is 6.81. The van der Waals surface area contributed by atoms with Crippen molar-refractivity contribution in [2.45, 2.75) is 32.1 Å². The standard InChI is InChI=1S/C22H24N2O5/c25-20-12-7-13-24(22(27)29-16-18-10-5-2-6-11-18)14-19(20)23-21(26)28-15-17-8-3-1-4-9-17/h1-6,8-11,19H,7,12-16H2,(H,23,26)/t19-/m1/s1. The van der Waals surface area contributed by atoms with Gasteiger partial charge in [0.1, 0.15) is 19.3 Å². The first kappa shape index (κ1) is 20.4. The van der Waals surface area contributed by atoms with Crippen molar-refractivity contribution in [3.8, 4) is 0 Å². The molecule has 0 aromatic heterocycles. The van der Waals surface area contributed by atoms with Gasteiger partial charge < -0.3 is 19.7 Å². The van der Waals surface area contributed by atoms with Crippen molar-refractivity contribution in [1.82, 2.24) is 10.2 Å². The van der Waals surface area contributed by atoms with Crippen molar-refractivity contribution in [2.24, 2.45) is 0 Å². The molecule has 1 N–H and O–H groups in total. The molecular weight excluding hydrogens is 372 g/mol. The maximum absolute atomic E-state index is 12.4. The number of carbonyl (C=O) groups excluding carboxylic acids is 3. The van der Waals surface area contributed by atoms with Crippen LogP contribution in [0.4, 0.5) is 9.59 Å². The van der Waals surface area contributed by atoms with Crippen molar-refractivity contribution >= 4 is 18.0 Å².